The molecule has 24 heavy (non-hydrogen) atoms. The van der Waals surface area contributed by atoms with Gasteiger partial charge in [-0.3, -0.25) is 14.8 Å². The normalized spacial score (nSPS) is 15.8. The van der Waals surface area contributed by atoms with E-state index in [0.29, 0.717) is 18.7 Å². The molecule has 3 N–H and O–H groups in total. The van der Waals surface area contributed by atoms with Gasteiger partial charge in [0.15, 0.2) is 5.96 Å². The van der Waals surface area contributed by atoms with E-state index in [1.165, 1.54) is 32.4 Å². The fourth-order valence-corrected chi connectivity index (χ4v) is 2.69. The highest BCUT2D eigenvalue weighted by Crippen LogP contribution is 2.07. The highest BCUT2D eigenvalue weighted by atomic mass is 16.1. The Labute approximate surface area is 143 Å². The van der Waals surface area contributed by atoms with Crippen molar-refractivity contribution in [1.82, 2.24) is 25.8 Å². The molecule has 1 aromatic heterocycles. The monoisotopic (exact) mass is 332 g/mol. The van der Waals surface area contributed by atoms with Gasteiger partial charge < -0.3 is 20.9 Å². The molecule has 0 spiro atoms. The lowest BCUT2D eigenvalue weighted by atomic mass is 10.1. The number of nitrogens with zero attached hydrogens (tertiary/aromatic N) is 3. The third-order valence-electron chi connectivity index (χ3n) is 4.02. The largest absolute Gasteiger partial charge is 0.355 e. The van der Waals surface area contributed by atoms with Crippen molar-refractivity contribution in [3.63, 3.8) is 0 Å². The van der Waals surface area contributed by atoms with Crippen LogP contribution in [-0.2, 0) is 0 Å². The van der Waals surface area contributed by atoms with Gasteiger partial charge in [-0.2, -0.15) is 0 Å². The molecule has 1 aliphatic rings. The second-order valence-corrected chi connectivity index (χ2v) is 5.83. The molecule has 0 aromatic carbocycles. The first-order chi connectivity index (χ1) is 11.8. The van der Waals surface area contributed by atoms with Crippen molar-refractivity contribution >= 4 is 11.9 Å². The Balaban J connectivity index is 1.57. The van der Waals surface area contributed by atoms with Crippen LogP contribution in [0.1, 0.15) is 29.6 Å². The van der Waals surface area contributed by atoms with Gasteiger partial charge in [0.1, 0.15) is 0 Å². The fraction of sp³-hybridized carbons (Fsp3) is 0.588. The highest BCUT2D eigenvalue weighted by Gasteiger charge is 2.09. The minimum absolute atomic E-state index is 0.113. The summed E-state index contributed by atoms with van der Waals surface area (Å²) in [5.41, 5.74) is 0.571. The number of carbonyl (C=O) groups is 1. The van der Waals surface area contributed by atoms with Gasteiger partial charge >= 0.3 is 0 Å². The van der Waals surface area contributed by atoms with Crippen LogP contribution >= 0.6 is 0 Å². The van der Waals surface area contributed by atoms with E-state index in [9.17, 15) is 4.79 Å². The van der Waals surface area contributed by atoms with Gasteiger partial charge in [0.05, 0.1) is 5.56 Å². The molecule has 2 rings (SSSR count). The second-order valence-electron chi connectivity index (χ2n) is 5.83. The molecule has 1 saturated heterocycles. The minimum Gasteiger partial charge on any atom is -0.355 e. The number of rotatable bonds is 7. The van der Waals surface area contributed by atoms with Gasteiger partial charge in [-0.1, -0.05) is 6.42 Å². The van der Waals surface area contributed by atoms with Crippen LogP contribution in [0.4, 0.5) is 0 Å². The highest BCUT2D eigenvalue weighted by molar-refractivity contribution is 5.93. The molecule has 0 bridgehead atoms. The molecular formula is C17H28N6O. The van der Waals surface area contributed by atoms with Crippen molar-refractivity contribution in [3.05, 3.63) is 30.1 Å². The standard InChI is InChI=1S/C17H28N6O/c1-18-17(22-10-13-23-11-3-2-4-12-23)21-9-8-20-16(24)15-6-5-7-19-14-15/h5-7,14H,2-4,8-13H2,1H3,(H,20,24)(H2,18,21,22). The summed E-state index contributed by atoms with van der Waals surface area (Å²) in [6.45, 7) is 5.47. The number of carbonyl (C=O) groups excluding carboxylic acids is 1. The third-order valence-corrected chi connectivity index (χ3v) is 4.02. The van der Waals surface area contributed by atoms with Crippen LogP contribution < -0.4 is 16.0 Å². The zero-order chi connectivity index (χ0) is 17.0. The SMILES string of the molecule is CN=C(NCCNC(=O)c1cccnc1)NCCN1CCCCC1. The number of aromatic nitrogens is 1. The lowest BCUT2D eigenvalue weighted by Crippen LogP contribution is -2.44. The molecule has 132 valence electrons. The lowest BCUT2D eigenvalue weighted by molar-refractivity contribution is 0.0954. The van der Waals surface area contributed by atoms with E-state index >= 15 is 0 Å². The topological polar surface area (TPSA) is 81.6 Å². The number of piperidine rings is 1. The quantitative estimate of drug-likeness (QED) is 0.384. The Morgan fingerprint density at radius 1 is 1.17 bits per heavy atom. The predicted molar refractivity (Wildman–Crippen MR) is 96.2 cm³/mol. The molecule has 0 aliphatic carbocycles. The Morgan fingerprint density at radius 2 is 1.92 bits per heavy atom. The smallest absolute Gasteiger partial charge is 0.252 e. The Bertz CT molecular complexity index is 513. The average Bonchev–Trinajstić information content (AvgIpc) is 2.65. The summed E-state index contributed by atoms with van der Waals surface area (Å²) in [6.07, 6.45) is 7.19. The zero-order valence-corrected chi connectivity index (χ0v) is 14.4. The Morgan fingerprint density at radius 3 is 2.62 bits per heavy atom. The van der Waals surface area contributed by atoms with Gasteiger partial charge in [0.25, 0.3) is 5.91 Å². The van der Waals surface area contributed by atoms with Gasteiger partial charge in [-0.15, -0.1) is 0 Å². The lowest BCUT2D eigenvalue weighted by Gasteiger charge is -2.26. The Hall–Kier alpha value is -2.15. The maximum atomic E-state index is 11.9. The maximum absolute atomic E-state index is 11.9. The zero-order valence-electron chi connectivity index (χ0n) is 14.4. The molecule has 0 unspecified atom stereocenters. The van der Waals surface area contributed by atoms with E-state index in [4.69, 9.17) is 0 Å². The first-order valence-electron chi connectivity index (χ1n) is 8.64. The molecular weight excluding hydrogens is 304 g/mol. The van der Waals surface area contributed by atoms with Crippen LogP contribution in [0, 0.1) is 0 Å². The second kappa shape index (κ2) is 10.6. The Kier molecular flexibility index (Phi) is 8.03. The van der Waals surface area contributed by atoms with Crippen molar-refractivity contribution in [1.29, 1.82) is 0 Å². The molecule has 0 saturated carbocycles. The van der Waals surface area contributed by atoms with E-state index in [1.807, 2.05) is 0 Å². The van der Waals surface area contributed by atoms with Crippen LogP contribution in [0.2, 0.25) is 0 Å². The van der Waals surface area contributed by atoms with Gasteiger partial charge in [0, 0.05) is 45.6 Å². The van der Waals surface area contributed by atoms with E-state index in [0.717, 1.165) is 19.0 Å². The summed E-state index contributed by atoms with van der Waals surface area (Å²) in [4.78, 5) is 22.5. The molecule has 7 heteroatoms. The third kappa shape index (κ3) is 6.54. The number of guanidine groups is 1. The molecule has 0 radical (unpaired) electrons. The summed E-state index contributed by atoms with van der Waals surface area (Å²) in [6, 6.07) is 3.50. The average molecular weight is 332 g/mol. The summed E-state index contributed by atoms with van der Waals surface area (Å²) in [5.74, 6) is 0.653. The number of hydrogen-bond donors (Lipinski definition) is 3. The summed E-state index contributed by atoms with van der Waals surface area (Å²) in [7, 11) is 1.75. The number of aliphatic imine (C=N–C) groups is 1. The van der Waals surface area contributed by atoms with Gasteiger partial charge in [0.2, 0.25) is 0 Å². The van der Waals surface area contributed by atoms with Crippen LogP contribution in [0.5, 0.6) is 0 Å². The van der Waals surface area contributed by atoms with Crippen LogP contribution in [0.3, 0.4) is 0 Å². The predicted octanol–water partition coefficient (Wildman–Crippen LogP) is 0.462. The van der Waals surface area contributed by atoms with Crippen LogP contribution in [0.25, 0.3) is 0 Å². The van der Waals surface area contributed by atoms with Crippen LogP contribution in [-0.4, -0.2) is 68.1 Å². The molecule has 1 amide bonds. The summed E-state index contributed by atoms with van der Waals surface area (Å²) in [5, 5.41) is 9.37. The molecule has 1 fully saturated rings. The maximum Gasteiger partial charge on any atom is 0.252 e. The number of hydrogen-bond acceptors (Lipinski definition) is 4. The molecule has 0 atom stereocenters. The number of nitrogens with one attached hydrogen (secondary N) is 3. The molecule has 1 aliphatic heterocycles. The van der Waals surface area contributed by atoms with E-state index in [1.54, 1.807) is 31.6 Å². The minimum atomic E-state index is -0.113. The number of likely N-dealkylation sites (tertiary alicyclic amines) is 1. The van der Waals surface area contributed by atoms with Crippen molar-refractivity contribution in [2.45, 2.75) is 19.3 Å². The van der Waals surface area contributed by atoms with Crippen molar-refractivity contribution < 1.29 is 4.79 Å². The summed E-state index contributed by atoms with van der Waals surface area (Å²) < 4.78 is 0. The van der Waals surface area contributed by atoms with Gasteiger partial charge in [-0.25, -0.2) is 0 Å². The number of amides is 1. The van der Waals surface area contributed by atoms with Crippen molar-refractivity contribution in [3.8, 4) is 0 Å². The first kappa shape index (κ1) is 18.2. The molecule has 7 nitrogen and oxygen atoms in total. The molecule has 1 aromatic rings. The van der Waals surface area contributed by atoms with Crippen LogP contribution in [0.15, 0.2) is 29.5 Å². The van der Waals surface area contributed by atoms with E-state index in [-0.39, 0.29) is 5.91 Å². The van der Waals surface area contributed by atoms with E-state index in [2.05, 4.69) is 30.8 Å². The summed E-state index contributed by atoms with van der Waals surface area (Å²) >= 11 is 0. The molecule has 2 heterocycles. The number of pyridine rings is 1. The van der Waals surface area contributed by atoms with Crippen molar-refractivity contribution in [2.75, 3.05) is 46.3 Å². The first-order valence-corrected chi connectivity index (χ1v) is 8.64. The van der Waals surface area contributed by atoms with E-state index < -0.39 is 0 Å². The van der Waals surface area contributed by atoms with Crippen molar-refractivity contribution in [2.24, 2.45) is 4.99 Å². The fourth-order valence-electron chi connectivity index (χ4n) is 2.69. The van der Waals surface area contributed by atoms with Gasteiger partial charge in [-0.05, 0) is 38.1 Å².